The van der Waals surface area contributed by atoms with Gasteiger partial charge >= 0.3 is 5.97 Å². The third-order valence-corrected chi connectivity index (χ3v) is 4.31. The largest absolute Gasteiger partial charge is 0.468 e. The summed E-state index contributed by atoms with van der Waals surface area (Å²) >= 11 is 0. The minimum atomic E-state index is -0.950. The van der Waals surface area contributed by atoms with Crippen LogP contribution in [0.15, 0.2) is 0 Å². The molecule has 0 aromatic rings. The number of carbonyl (C=O) groups is 4. The number of carbonyl (C=O) groups excluding carboxylic acids is 4. The molecule has 2 heterocycles. The van der Waals surface area contributed by atoms with Gasteiger partial charge in [-0.2, -0.15) is 5.26 Å². The molecule has 0 aliphatic carbocycles. The lowest BCUT2D eigenvalue weighted by atomic mass is 9.83. The van der Waals surface area contributed by atoms with Crippen molar-refractivity contribution in [1.29, 1.82) is 5.26 Å². The molecule has 0 saturated carbocycles. The van der Waals surface area contributed by atoms with Gasteiger partial charge in [-0.05, 0) is 26.7 Å². The Bertz CT molecular complexity index is 568. The van der Waals surface area contributed by atoms with Crippen molar-refractivity contribution in [1.82, 2.24) is 10.6 Å². The number of hydrogen-bond donors (Lipinski definition) is 2. The van der Waals surface area contributed by atoms with Crippen LogP contribution in [0.4, 0.5) is 0 Å². The van der Waals surface area contributed by atoms with Gasteiger partial charge in [-0.3, -0.25) is 19.2 Å². The van der Waals surface area contributed by atoms with Gasteiger partial charge < -0.3 is 15.4 Å². The molecule has 2 unspecified atom stereocenters. The number of hydrogen-bond acceptors (Lipinski definition) is 6. The summed E-state index contributed by atoms with van der Waals surface area (Å²) in [4.78, 5) is 44.6. The summed E-state index contributed by atoms with van der Waals surface area (Å²) in [7, 11) is 1.29. The second-order valence-corrected chi connectivity index (χ2v) is 5.93. The highest BCUT2D eigenvalue weighted by atomic mass is 16.5. The van der Waals surface area contributed by atoms with Crippen LogP contribution in [0.2, 0.25) is 0 Å². The van der Waals surface area contributed by atoms with Crippen LogP contribution in [0.1, 0.15) is 33.1 Å². The van der Waals surface area contributed by atoms with Crippen molar-refractivity contribution in [2.75, 3.05) is 20.2 Å². The number of Topliss-reactive ketones (excluding diaryl/α,β-unsaturated/α-hetero) is 1. The number of ketones is 1. The number of esters is 1. The molecule has 0 aromatic heterocycles. The SMILES string of the molecule is CC1(C(=O)CC#N)CCNC1=O.COC(=O)C1(C)CCNC1=O. The smallest absolute Gasteiger partial charge is 0.321 e. The zero-order valence-corrected chi connectivity index (χ0v) is 13.5. The topological polar surface area (TPSA) is 125 Å². The first-order chi connectivity index (χ1) is 10.7. The van der Waals surface area contributed by atoms with E-state index in [1.54, 1.807) is 19.9 Å². The highest BCUT2D eigenvalue weighted by Crippen LogP contribution is 2.28. The summed E-state index contributed by atoms with van der Waals surface area (Å²) in [6.45, 7) is 4.28. The Labute approximate surface area is 134 Å². The molecule has 8 heteroatoms. The Morgan fingerprint density at radius 1 is 1.13 bits per heavy atom. The molecular weight excluding hydrogens is 302 g/mol. The third kappa shape index (κ3) is 3.67. The monoisotopic (exact) mass is 323 g/mol. The van der Waals surface area contributed by atoms with Crippen molar-refractivity contribution in [3.8, 4) is 6.07 Å². The lowest BCUT2D eigenvalue weighted by Crippen LogP contribution is -2.36. The van der Waals surface area contributed by atoms with Gasteiger partial charge in [0.25, 0.3) is 0 Å². The fourth-order valence-electron chi connectivity index (χ4n) is 2.42. The first-order valence-corrected chi connectivity index (χ1v) is 7.27. The van der Waals surface area contributed by atoms with Gasteiger partial charge in [0.15, 0.2) is 5.78 Å². The summed E-state index contributed by atoms with van der Waals surface area (Å²) in [5.41, 5.74) is -1.90. The summed E-state index contributed by atoms with van der Waals surface area (Å²) in [6.07, 6.45) is 0.856. The van der Waals surface area contributed by atoms with Crippen LogP contribution < -0.4 is 10.6 Å². The van der Waals surface area contributed by atoms with E-state index in [1.807, 2.05) is 0 Å². The van der Waals surface area contributed by atoms with Gasteiger partial charge in [0.2, 0.25) is 11.8 Å². The Balaban J connectivity index is 0.000000231. The average Bonchev–Trinajstić information content (AvgIpc) is 3.04. The molecule has 2 aliphatic heterocycles. The molecular formula is C15H21N3O5. The van der Waals surface area contributed by atoms with E-state index in [4.69, 9.17) is 5.26 Å². The standard InChI is InChI=1S/C8H10N2O2.C7H11NO3/c1-8(6(11)2-4-9)3-5-10-7(8)12;1-7(6(10)11-2)3-4-8-5(7)9/h2-3,5H2,1H3,(H,10,12);3-4H2,1-2H3,(H,8,9). The minimum absolute atomic E-state index is 0.177. The molecule has 2 rings (SSSR count). The normalized spacial score (nSPS) is 28.8. The summed E-state index contributed by atoms with van der Waals surface area (Å²) in [5, 5.41) is 13.5. The van der Waals surface area contributed by atoms with Crippen molar-refractivity contribution in [3.05, 3.63) is 0 Å². The quantitative estimate of drug-likeness (QED) is 0.541. The predicted molar refractivity (Wildman–Crippen MR) is 78.7 cm³/mol. The molecule has 0 bridgehead atoms. The molecule has 2 N–H and O–H groups in total. The van der Waals surface area contributed by atoms with E-state index in [9.17, 15) is 19.2 Å². The van der Waals surface area contributed by atoms with Crippen LogP contribution in [0, 0.1) is 22.2 Å². The first kappa shape index (κ1) is 18.6. The Morgan fingerprint density at radius 2 is 1.61 bits per heavy atom. The van der Waals surface area contributed by atoms with Crippen molar-refractivity contribution < 1.29 is 23.9 Å². The maximum Gasteiger partial charge on any atom is 0.321 e. The van der Waals surface area contributed by atoms with Crippen LogP contribution >= 0.6 is 0 Å². The van der Waals surface area contributed by atoms with Crippen LogP contribution in [0.5, 0.6) is 0 Å². The number of rotatable bonds is 3. The molecule has 8 nitrogen and oxygen atoms in total. The molecule has 2 amide bonds. The predicted octanol–water partition coefficient (Wildman–Crippen LogP) is -0.319. The van der Waals surface area contributed by atoms with Crippen molar-refractivity contribution in [2.24, 2.45) is 10.8 Å². The maximum atomic E-state index is 11.3. The second kappa shape index (κ2) is 7.22. The number of ether oxygens (including phenoxy) is 1. The molecule has 0 radical (unpaired) electrons. The van der Waals surface area contributed by atoms with E-state index in [-0.39, 0.29) is 24.0 Å². The zero-order valence-electron chi connectivity index (χ0n) is 13.5. The highest BCUT2D eigenvalue weighted by Gasteiger charge is 2.45. The van der Waals surface area contributed by atoms with Gasteiger partial charge in [0.1, 0.15) is 10.8 Å². The van der Waals surface area contributed by atoms with Crippen LogP contribution in [-0.2, 0) is 23.9 Å². The van der Waals surface area contributed by atoms with Crippen LogP contribution in [0.3, 0.4) is 0 Å². The van der Waals surface area contributed by atoms with Crippen molar-refractivity contribution in [3.63, 3.8) is 0 Å². The van der Waals surface area contributed by atoms with Crippen molar-refractivity contribution >= 4 is 23.6 Å². The van der Waals surface area contributed by atoms with Crippen molar-refractivity contribution in [2.45, 2.75) is 33.1 Å². The Kier molecular flexibility index (Phi) is 5.85. The number of nitriles is 1. The number of nitrogens with zero attached hydrogens (tertiary/aromatic N) is 1. The molecule has 2 saturated heterocycles. The molecule has 126 valence electrons. The number of nitrogens with one attached hydrogen (secondary N) is 2. The fraction of sp³-hybridized carbons (Fsp3) is 0.667. The average molecular weight is 323 g/mol. The first-order valence-electron chi connectivity index (χ1n) is 7.27. The molecule has 0 aromatic carbocycles. The Hall–Kier alpha value is -2.43. The van der Waals surface area contributed by atoms with E-state index in [1.165, 1.54) is 7.11 Å². The molecule has 2 fully saturated rings. The van der Waals surface area contributed by atoms with E-state index >= 15 is 0 Å². The number of methoxy groups -OCH3 is 1. The lowest BCUT2D eigenvalue weighted by molar-refractivity contribution is -0.155. The molecule has 2 atom stereocenters. The van der Waals surface area contributed by atoms with E-state index in [0.717, 1.165) is 0 Å². The van der Waals surface area contributed by atoms with E-state index in [0.29, 0.717) is 25.9 Å². The van der Waals surface area contributed by atoms with Gasteiger partial charge in [0, 0.05) is 13.1 Å². The van der Waals surface area contributed by atoms with Crippen LogP contribution in [0.25, 0.3) is 0 Å². The number of amides is 2. The summed E-state index contributed by atoms with van der Waals surface area (Å²) in [5.74, 6) is -1.21. The van der Waals surface area contributed by atoms with E-state index < -0.39 is 16.8 Å². The Morgan fingerprint density at radius 3 is 1.96 bits per heavy atom. The molecule has 0 spiro atoms. The molecule has 23 heavy (non-hydrogen) atoms. The minimum Gasteiger partial charge on any atom is -0.468 e. The van der Waals surface area contributed by atoms with Gasteiger partial charge in [0.05, 0.1) is 19.6 Å². The highest BCUT2D eigenvalue weighted by molar-refractivity contribution is 6.07. The van der Waals surface area contributed by atoms with E-state index in [2.05, 4.69) is 15.4 Å². The summed E-state index contributed by atoms with van der Waals surface area (Å²) in [6, 6.07) is 1.76. The van der Waals surface area contributed by atoms with Crippen LogP contribution in [-0.4, -0.2) is 43.8 Å². The fourth-order valence-corrected chi connectivity index (χ4v) is 2.42. The lowest BCUT2D eigenvalue weighted by Gasteiger charge is -2.16. The zero-order chi connectivity index (χ0) is 17.7. The molecule has 2 aliphatic rings. The third-order valence-electron chi connectivity index (χ3n) is 4.31. The van der Waals surface area contributed by atoms with Gasteiger partial charge in [-0.25, -0.2) is 0 Å². The maximum absolute atomic E-state index is 11.3. The van der Waals surface area contributed by atoms with Gasteiger partial charge in [-0.15, -0.1) is 0 Å². The van der Waals surface area contributed by atoms with Gasteiger partial charge in [-0.1, -0.05) is 0 Å². The summed E-state index contributed by atoms with van der Waals surface area (Å²) < 4.78 is 4.51. The second-order valence-electron chi connectivity index (χ2n) is 5.93.